The molecule has 136 valence electrons. The molecule has 0 atom stereocenters. The molecule has 0 amide bonds. The summed E-state index contributed by atoms with van der Waals surface area (Å²) in [4.78, 5) is 0. The van der Waals surface area contributed by atoms with Crippen molar-refractivity contribution in [2.45, 2.75) is 86.5 Å². The summed E-state index contributed by atoms with van der Waals surface area (Å²) in [7, 11) is 0. The van der Waals surface area contributed by atoms with Gasteiger partial charge in [-0.3, -0.25) is 0 Å². The van der Waals surface area contributed by atoms with Crippen LogP contribution in [0.1, 0.15) is 86.1 Å². The van der Waals surface area contributed by atoms with Crippen molar-refractivity contribution in [2.24, 2.45) is 0 Å². The van der Waals surface area contributed by atoms with Crippen LogP contribution in [0.4, 0.5) is 0 Å². The van der Waals surface area contributed by atoms with Gasteiger partial charge in [0.1, 0.15) is 0 Å². The minimum absolute atomic E-state index is 0.184. The van der Waals surface area contributed by atoms with Gasteiger partial charge in [-0.1, -0.05) is 65.8 Å². The normalized spacial score (nSPS) is 12.6. The van der Waals surface area contributed by atoms with Crippen molar-refractivity contribution in [1.82, 2.24) is 0 Å². The Bertz CT molecular complexity index is 710. The summed E-state index contributed by atoms with van der Waals surface area (Å²) in [5, 5.41) is 0. The average molecular weight is 337 g/mol. The van der Waals surface area contributed by atoms with Gasteiger partial charge in [0, 0.05) is 0 Å². The van der Waals surface area contributed by atoms with Crippen molar-refractivity contribution in [1.29, 1.82) is 0 Å². The van der Waals surface area contributed by atoms with E-state index in [1.54, 1.807) is 0 Å². The lowest BCUT2D eigenvalue weighted by Crippen LogP contribution is -2.17. The molecule has 0 aliphatic heterocycles. The van der Waals surface area contributed by atoms with Gasteiger partial charge in [-0.05, 0) is 89.5 Å². The van der Waals surface area contributed by atoms with Crippen LogP contribution in [0.25, 0.3) is 0 Å². The first-order chi connectivity index (χ1) is 11.3. The van der Waals surface area contributed by atoms with E-state index in [0.717, 1.165) is 6.42 Å². The zero-order chi connectivity index (χ0) is 19.2. The molecule has 25 heavy (non-hydrogen) atoms. The fourth-order valence-corrected chi connectivity index (χ4v) is 4.13. The van der Waals surface area contributed by atoms with Gasteiger partial charge in [0.25, 0.3) is 0 Å². The van der Waals surface area contributed by atoms with Crippen LogP contribution in [0.5, 0.6) is 0 Å². The molecule has 0 aromatic heterocycles. The van der Waals surface area contributed by atoms with Gasteiger partial charge < -0.3 is 0 Å². The fraction of sp³-hybridized carbons (Fsp3) is 0.520. The molecule has 2 aromatic rings. The largest absolute Gasteiger partial charge is 0.0587 e. The molecule has 2 rings (SSSR count). The van der Waals surface area contributed by atoms with Crippen LogP contribution in [-0.2, 0) is 17.3 Å². The van der Waals surface area contributed by atoms with Crippen molar-refractivity contribution in [2.75, 3.05) is 0 Å². The van der Waals surface area contributed by atoms with Crippen LogP contribution in [0.2, 0.25) is 0 Å². The Morgan fingerprint density at radius 1 is 0.560 bits per heavy atom. The van der Waals surface area contributed by atoms with Crippen molar-refractivity contribution in [3.8, 4) is 0 Å². The third kappa shape index (κ3) is 4.00. The Kier molecular flexibility index (Phi) is 5.24. The zero-order valence-corrected chi connectivity index (χ0v) is 18.0. The number of hydrogen-bond acceptors (Lipinski definition) is 0. The first-order valence-electron chi connectivity index (χ1n) is 9.53. The molecule has 0 heteroatoms. The van der Waals surface area contributed by atoms with Crippen LogP contribution >= 0.6 is 0 Å². The van der Waals surface area contributed by atoms with Crippen LogP contribution in [0, 0.1) is 27.7 Å². The lowest BCUT2D eigenvalue weighted by Gasteiger charge is -2.27. The lowest BCUT2D eigenvalue weighted by molar-refractivity contribution is 0.583. The monoisotopic (exact) mass is 336 g/mol. The van der Waals surface area contributed by atoms with Gasteiger partial charge in [-0.15, -0.1) is 0 Å². The highest BCUT2D eigenvalue weighted by atomic mass is 14.3. The Balaban J connectivity index is 2.62. The van der Waals surface area contributed by atoms with E-state index < -0.39 is 0 Å². The van der Waals surface area contributed by atoms with Crippen LogP contribution in [0.3, 0.4) is 0 Å². The highest BCUT2D eigenvalue weighted by Gasteiger charge is 2.22. The number of hydrogen-bond donors (Lipinski definition) is 0. The Hall–Kier alpha value is -1.56. The van der Waals surface area contributed by atoms with Gasteiger partial charge in [0.15, 0.2) is 0 Å². The smallest absolute Gasteiger partial charge is 0.00151 e. The van der Waals surface area contributed by atoms with E-state index in [1.807, 2.05) is 0 Å². The lowest BCUT2D eigenvalue weighted by atomic mass is 9.78. The summed E-state index contributed by atoms with van der Waals surface area (Å²) in [5.41, 5.74) is 12.1. The molecule has 2 aromatic carbocycles. The third-order valence-corrected chi connectivity index (χ3v) is 5.63. The molecule has 0 bridgehead atoms. The van der Waals surface area contributed by atoms with Gasteiger partial charge >= 0.3 is 0 Å². The fourth-order valence-electron chi connectivity index (χ4n) is 4.13. The molecular weight excluding hydrogens is 300 g/mol. The van der Waals surface area contributed by atoms with Crippen molar-refractivity contribution >= 4 is 0 Å². The second kappa shape index (κ2) is 6.63. The van der Waals surface area contributed by atoms with Crippen molar-refractivity contribution in [3.63, 3.8) is 0 Å². The first-order valence-corrected chi connectivity index (χ1v) is 9.53. The summed E-state index contributed by atoms with van der Waals surface area (Å²) in [6.07, 6.45) is 1.03. The van der Waals surface area contributed by atoms with E-state index in [9.17, 15) is 0 Å². The van der Waals surface area contributed by atoms with Crippen LogP contribution < -0.4 is 0 Å². The van der Waals surface area contributed by atoms with E-state index in [0.29, 0.717) is 0 Å². The average Bonchev–Trinajstić information content (AvgIpc) is 2.43. The molecular formula is C25H36. The quantitative estimate of drug-likeness (QED) is 0.548. The molecule has 0 heterocycles. The van der Waals surface area contributed by atoms with Crippen LogP contribution in [0.15, 0.2) is 24.3 Å². The van der Waals surface area contributed by atoms with Gasteiger partial charge in [0.05, 0.1) is 0 Å². The molecule has 0 N–H and O–H groups in total. The summed E-state index contributed by atoms with van der Waals surface area (Å²) in [6, 6.07) is 9.25. The third-order valence-electron chi connectivity index (χ3n) is 5.63. The second-order valence-electron chi connectivity index (χ2n) is 9.74. The minimum atomic E-state index is 0.184. The first kappa shape index (κ1) is 19.8. The SMILES string of the molecule is Cc1ccc(C(C)(C)C)c(C)c1Cc1c(C)ccc(C(C)(C)C)c1C. The molecule has 0 fully saturated rings. The zero-order valence-electron chi connectivity index (χ0n) is 18.0. The molecule has 0 saturated carbocycles. The summed E-state index contributed by atoms with van der Waals surface area (Å²) in [6.45, 7) is 23.0. The molecule has 0 spiro atoms. The van der Waals surface area contributed by atoms with Crippen molar-refractivity contribution in [3.05, 3.63) is 68.8 Å². The summed E-state index contributed by atoms with van der Waals surface area (Å²) < 4.78 is 0. The number of rotatable bonds is 2. The molecule has 0 aliphatic carbocycles. The van der Waals surface area contributed by atoms with Gasteiger partial charge in [0.2, 0.25) is 0 Å². The van der Waals surface area contributed by atoms with Crippen LogP contribution in [-0.4, -0.2) is 0 Å². The predicted molar refractivity (Wildman–Crippen MR) is 112 cm³/mol. The maximum Gasteiger partial charge on any atom is -0.00151 e. The topological polar surface area (TPSA) is 0 Å². The highest BCUT2D eigenvalue weighted by molar-refractivity contribution is 5.50. The highest BCUT2D eigenvalue weighted by Crippen LogP contribution is 2.34. The maximum absolute atomic E-state index is 2.32. The molecule has 0 aliphatic rings. The number of benzene rings is 2. The standard InChI is InChI=1S/C25H36/c1-16-11-13-22(24(5,6)7)18(3)20(16)15-21-17(2)12-14-23(19(21)4)25(8,9)10/h11-14H,15H2,1-10H3. The molecule has 0 unspecified atom stereocenters. The van der Waals surface area contributed by atoms with E-state index in [1.165, 1.54) is 44.5 Å². The predicted octanol–water partition coefficient (Wildman–Crippen LogP) is 7.11. The van der Waals surface area contributed by atoms with E-state index in [2.05, 4.69) is 93.5 Å². The minimum Gasteiger partial charge on any atom is -0.0587 e. The Labute approximate surface area is 155 Å². The van der Waals surface area contributed by atoms with E-state index in [4.69, 9.17) is 0 Å². The van der Waals surface area contributed by atoms with Gasteiger partial charge in [-0.25, -0.2) is 0 Å². The van der Waals surface area contributed by atoms with Gasteiger partial charge in [-0.2, -0.15) is 0 Å². The Morgan fingerprint density at radius 3 is 1.16 bits per heavy atom. The molecule has 0 nitrogen and oxygen atoms in total. The Morgan fingerprint density at radius 2 is 0.880 bits per heavy atom. The number of aryl methyl sites for hydroxylation is 2. The second-order valence-corrected chi connectivity index (χ2v) is 9.74. The maximum atomic E-state index is 2.32. The van der Waals surface area contributed by atoms with E-state index >= 15 is 0 Å². The summed E-state index contributed by atoms with van der Waals surface area (Å²) >= 11 is 0. The molecule has 0 saturated heterocycles. The molecule has 0 radical (unpaired) electrons. The summed E-state index contributed by atoms with van der Waals surface area (Å²) in [5.74, 6) is 0. The van der Waals surface area contributed by atoms with Crippen molar-refractivity contribution < 1.29 is 0 Å². The van der Waals surface area contributed by atoms with E-state index in [-0.39, 0.29) is 10.8 Å².